The van der Waals surface area contributed by atoms with Gasteiger partial charge in [-0.15, -0.1) is 0 Å². The van der Waals surface area contributed by atoms with Crippen LogP contribution in [0.5, 0.6) is 0 Å². The minimum Gasteiger partial charge on any atom is -0.419 e. The van der Waals surface area contributed by atoms with Crippen LogP contribution in [0.4, 0.5) is 5.69 Å². The first kappa shape index (κ1) is 13.6. The normalized spacial score (nSPS) is 17.3. The molecule has 21 heavy (non-hydrogen) atoms. The highest BCUT2D eigenvalue weighted by atomic mass is 32.1. The van der Waals surface area contributed by atoms with Crippen LogP contribution in [-0.4, -0.2) is 22.1 Å². The summed E-state index contributed by atoms with van der Waals surface area (Å²) >= 11 is 1.37. The van der Waals surface area contributed by atoms with E-state index in [0.717, 1.165) is 10.9 Å². The number of nitrogens with zero attached hydrogens (tertiary/aromatic N) is 1. The summed E-state index contributed by atoms with van der Waals surface area (Å²) < 4.78 is 14.2. The van der Waals surface area contributed by atoms with Crippen LogP contribution in [0.3, 0.4) is 0 Å². The van der Waals surface area contributed by atoms with Gasteiger partial charge in [-0.1, -0.05) is 0 Å². The molecule has 1 aliphatic heterocycles. The minimum atomic E-state index is -1.23. The molecule has 0 bridgehead atoms. The van der Waals surface area contributed by atoms with Crippen LogP contribution in [0.2, 0.25) is 0 Å². The summed E-state index contributed by atoms with van der Waals surface area (Å²) in [5.41, 5.74) is 1.39. The van der Waals surface area contributed by atoms with Crippen molar-refractivity contribution in [3.8, 4) is 0 Å². The van der Waals surface area contributed by atoms with Gasteiger partial charge in [0.15, 0.2) is 5.57 Å². The number of anilines is 1. The van der Waals surface area contributed by atoms with Crippen molar-refractivity contribution >= 4 is 40.1 Å². The molecule has 7 heteroatoms. The number of hydrogen-bond donors (Lipinski definition) is 1. The highest BCUT2D eigenvalue weighted by molar-refractivity contribution is 7.04. The number of fused-ring (bicyclic) bond motifs is 1. The van der Waals surface area contributed by atoms with Crippen molar-refractivity contribution in [2.45, 2.75) is 19.6 Å². The van der Waals surface area contributed by atoms with Crippen LogP contribution in [0.1, 0.15) is 13.8 Å². The second kappa shape index (κ2) is 4.85. The molecule has 1 aromatic carbocycles. The fraction of sp³-hybridized carbons (Fsp3) is 0.214. The van der Waals surface area contributed by atoms with Crippen molar-refractivity contribution in [2.24, 2.45) is 0 Å². The van der Waals surface area contributed by atoms with Crippen LogP contribution >= 0.6 is 11.5 Å². The van der Waals surface area contributed by atoms with E-state index in [1.54, 1.807) is 0 Å². The largest absolute Gasteiger partial charge is 0.419 e. The highest BCUT2D eigenvalue weighted by Gasteiger charge is 2.38. The van der Waals surface area contributed by atoms with Crippen LogP contribution in [0, 0.1) is 0 Å². The monoisotopic (exact) mass is 304 g/mol. The van der Waals surface area contributed by atoms with Crippen LogP contribution in [0.25, 0.3) is 10.9 Å². The smallest absolute Gasteiger partial charge is 0.350 e. The van der Waals surface area contributed by atoms with E-state index in [9.17, 15) is 9.59 Å². The lowest BCUT2D eigenvalue weighted by atomic mass is 10.2. The number of aromatic nitrogens is 1. The van der Waals surface area contributed by atoms with Gasteiger partial charge in [0.05, 0.1) is 5.52 Å². The number of carbonyl (C=O) groups is 2. The summed E-state index contributed by atoms with van der Waals surface area (Å²) in [5.74, 6) is -2.65. The molecule has 1 aliphatic rings. The van der Waals surface area contributed by atoms with Crippen LogP contribution in [-0.2, 0) is 19.1 Å². The SMILES string of the molecule is CC1(C)OC(=O)C(=CNc2ccc3csnc3c2)C(=O)O1. The quantitative estimate of drug-likeness (QED) is 0.521. The topological polar surface area (TPSA) is 77.5 Å². The van der Waals surface area contributed by atoms with Gasteiger partial charge in [0.1, 0.15) is 0 Å². The summed E-state index contributed by atoms with van der Waals surface area (Å²) in [4.78, 5) is 23.5. The molecule has 0 radical (unpaired) electrons. The van der Waals surface area contributed by atoms with Crippen molar-refractivity contribution in [1.29, 1.82) is 0 Å². The summed E-state index contributed by atoms with van der Waals surface area (Å²) in [5, 5.41) is 5.86. The maximum absolute atomic E-state index is 11.8. The number of esters is 2. The van der Waals surface area contributed by atoms with E-state index in [0.29, 0.717) is 5.69 Å². The third kappa shape index (κ3) is 2.73. The Morgan fingerprint density at radius 2 is 1.95 bits per heavy atom. The van der Waals surface area contributed by atoms with Crippen molar-refractivity contribution in [3.63, 3.8) is 0 Å². The Bertz CT molecular complexity index is 741. The van der Waals surface area contributed by atoms with E-state index in [2.05, 4.69) is 9.69 Å². The number of cyclic esters (lactones) is 2. The summed E-state index contributed by atoms with van der Waals surface area (Å²) in [6.07, 6.45) is 1.29. The van der Waals surface area contributed by atoms with Gasteiger partial charge in [0, 0.05) is 36.5 Å². The Balaban J connectivity index is 1.81. The second-order valence-electron chi connectivity index (χ2n) is 4.97. The van der Waals surface area contributed by atoms with E-state index >= 15 is 0 Å². The predicted octanol–water partition coefficient (Wildman–Crippen LogP) is 2.43. The summed E-state index contributed by atoms with van der Waals surface area (Å²) in [7, 11) is 0. The zero-order valence-corrected chi connectivity index (χ0v) is 12.2. The first-order chi connectivity index (χ1) is 9.94. The van der Waals surface area contributed by atoms with Crippen LogP contribution < -0.4 is 5.32 Å². The molecule has 1 N–H and O–H groups in total. The third-order valence-electron chi connectivity index (χ3n) is 2.86. The standard InChI is InChI=1S/C14H12N2O4S/c1-14(2)19-12(17)10(13(18)20-14)6-15-9-4-3-8-7-21-16-11(8)5-9/h3-7,15H,1-2H3. The average Bonchev–Trinajstić information content (AvgIpc) is 2.83. The highest BCUT2D eigenvalue weighted by Crippen LogP contribution is 2.23. The maximum Gasteiger partial charge on any atom is 0.350 e. The fourth-order valence-electron chi connectivity index (χ4n) is 1.89. The molecule has 0 saturated carbocycles. The van der Waals surface area contributed by atoms with Gasteiger partial charge in [0.2, 0.25) is 0 Å². The summed E-state index contributed by atoms with van der Waals surface area (Å²) in [6.45, 7) is 3.01. The number of benzene rings is 1. The molecule has 1 aromatic heterocycles. The first-order valence-corrected chi connectivity index (χ1v) is 7.06. The van der Waals surface area contributed by atoms with Gasteiger partial charge in [-0.05, 0) is 29.7 Å². The van der Waals surface area contributed by atoms with Gasteiger partial charge >= 0.3 is 11.9 Å². The zero-order valence-electron chi connectivity index (χ0n) is 11.4. The molecule has 6 nitrogen and oxygen atoms in total. The molecule has 1 saturated heterocycles. The summed E-state index contributed by atoms with van der Waals surface area (Å²) in [6, 6.07) is 5.56. The third-order valence-corrected chi connectivity index (χ3v) is 3.52. The number of carbonyl (C=O) groups excluding carboxylic acids is 2. The predicted molar refractivity (Wildman–Crippen MR) is 77.6 cm³/mol. The van der Waals surface area contributed by atoms with E-state index in [1.165, 1.54) is 31.6 Å². The Morgan fingerprint density at radius 1 is 1.24 bits per heavy atom. The molecule has 0 aliphatic carbocycles. The molecule has 0 atom stereocenters. The molecule has 1 fully saturated rings. The van der Waals surface area contributed by atoms with E-state index in [1.807, 2.05) is 23.6 Å². The molecule has 2 aromatic rings. The zero-order chi connectivity index (χ0) is 15.0. The molecule has 0 spiro atoms. The average molecular weight is 304 g/mol. The first-order valence-electron chi connectivity index (χ1n) is 6.22. The van der Waals surface area contributed by atoms with Gasteiger partial charge in [-0.25, -0.2) is 9.59 Å². The molecule has 3 rings (SSSR count). The minimum absolute atomic E-state index is 0.173. The second-order valence-corrected chi connectivity index (χ2v) is 5.60. The van der Waals surface area contributed by atoms with Crippen molar-refractivity contribution in [1.82, 2.24) is 4.37 Å². The number of rotatable bonds is 2. The molecular formula is C14H12N2O4S. The van der Waals surface area contributed by atoms with E-state index in [-0.39, 0.29) is 5.57 Å². The van der Waals surface area contributed by atoms with Gasteiger partial charge < -0.3 is 14.8 Å². The van der Waals surface area contributed by atoms with Gasteiger partial charge in [-0.3, -0.25) is 0 Å². The van der Waals surface area contributed by atoms with Crippen molar-refractivity contribution in [3.05, 3.63) is 35.4 Å². The van der Waals surface area contributed by atoms with Crippen molar-refractivity contribution < 1.29 is 19.1 Å². The molecule has 108 valence electrons. The molecule has 0 unspecified atom stereocenters. The van der Waals surface area contributed by atoms with Gasteiger partial charge in [-0.2, -0.15) is 4.37 Å². The fourth-order valence-corrected chi connectivity index (χ4v) is 2.52. The van der Waals surface area contributed by atoms with Crippen molar-refractivity contribution in [2.75, 3.05) is 5.32 Å². The van der Waals surface area contributed by atoms with E-state index < -0.39 is 17.7 Å². The lowest BCUT2D eigenvalue weighted by Gasteiger charge is -2.29. The van der Waals surface area contributed by atoms with Gasteiger partial charge in [0.25, 0.3) is 5.79 Å². The maximum atomic E-state index is 11.8. The lowest BCUT2D eigenvalue weighted by Crippen LogP contribution is -2.42. The molecular weight excluding hydrogens is 292 g/mol. The number of ether oxygens (including phenoxy) is 2. The Hall–Kier alpha value is -2.41. The molecule has 0 amide bonds. The van der Waals surface area contributed by atoms with Crippen LogP contribution in [0.15, 0.2) is 35.4 Å². The Kier molecular flexibility index (Phi) is 3.13. The Labute approximate surface area is 124 Å². The molecule has 2 heterocycles. The number of nitrogens with one attached hydrogen (secondary N) is 1. The van der Waals surface area contributed by atoms with E-state index in [4.69, 9.17) is 9.47 Å². The number of hydrogen-bond acceptors (Lipinski definition) is 7. The Morgan fingerprint density at radius 3 is 2.67 bits per heavy atom. The lowest BCUT2D eigenvalue weighted by molar-refractivity contribution is -0.222.